The average molecular weight is 384 g/mol. The van der Waals surface area contributed by atoms with Crippen molar-refractivity contribution in [3.05, 3.63) is 46.8 Å². The highest BCUT2D eigenvalue weighted by molar-refractivity contribution is 5.94. The van der Waals surface area contributed by atoms with Crippen molar-refractivity contribution >= 4 is 11.6 Å². The Bertz CT molecular complexity index is 829. The molecule has 28 heavy (non-hydrogen) atoms. The minimum atomic E-state index is -0.123. The number of aromatic nitrogens is 2. The zero-order valence-corrected chi connectivity index (χ0v) is 16.5. The Hall–Kier alpha value is -2.38. The lowest BCUT2D eigenvalue weighted by Gasteiger charge is -2.30. The molecule has 1 aromatic carbocycles. The van der Waals surface area contributed by atoms with E-state index in [0.717, 1.165) is 44.0 Å². The van der Waals surface area contributed by atoms with Gasteiger partial charge in [-0.05, 0) is 31.9 Å². The largest absolute Gasteiger partial charge is 0.378 e. The van der Waals surface area contributed by atoms with Gasteiger partial charge in [0.05, 0.1) is 31.1 Å². The number of morpholine rings is 1. The quantitative estimate of drug-likeness (QED) is 0.827. The summed E-state index contributed by atoms with van der Waals surface area (Å²) in [7, 11) is 0. The van der Waals surface area contributed by atoms with Crippen LogP contribution in [0.15, 0.2) is 24.3 Å². The zero-order chi connectivity index (χ0) is 19.5. The summed E-state index contributed by atoms with van der Waals surface area (Å²) in [6.45, 7) is 7.91. The van der Waals surface area contributed by atoms with E-state index in [1.54, 1.807) is 0 Å². The molecule has 1 amide bonds. The van der Waals surface area contributed by atoms with E-state index in [-0.39, 0.29) is 18.1 Å². The molecule has 0 saturated carbocycles. The SMILES string of the molecule is C[C@@H]1Cc2c(C(=O)NCCc3ccccc3N3CCOCC3)n[nH]c2[C@H](C)O1. The molecule has 2 atom stereocenters. The van der Waals surface area contributed by atoms with Crippen LogP contribution < -0.4 is 10.2 Å². The first kappa shape index (κ1) is 19.0. The Morgan fingerprint density at radius 1 is 1.29 bits per heavy atom. The van der Waals surface area contributed by atoms with Gasteiger partial charge in [0.1, 0.15) is 0 Å². The van der Waals surface area contributed by atoms with Crippen molar-refractivity contribution in [1.82, 2.24) is 15.5 Å². The number of nitrogens with zero attached hydrogens (tertiary/aromatic N) is 2. The number of rotatable bonds is 5. The summed E-state index contributed by atoms with van der Waals surface area (Å²) in [5, 5.41) is 10.3. The summed E-state index contributed by atoms with van der Waals surface area (Å²) in [6.07, 6.45) is 1.51. The molecule has 4 rings (SSSR count). The summed E-state index contributed by atoms with van der Waals surface area (Å²) in [4.78, 5) is 15.1. The molecule has 2 aliphatic heterocycles. The molecule has 1 aromatic heterocycles. The Labute approximate surface area is 165 Å². The van der Waals surface area contributed by atoms with Crippen LogP contribution in [0.25, 0.3) is 0 Å². The molecule has 2 aliphatic rings. The third-order valence-electron chi connectivity index (χ3n) is 5.47. The van der Waals surface area contributed by atoms with Gasteiger partial charge in [-0.25, -0.2) is 0 Å². The number of fused-ring (bicyclic) bond motifs is 1. The molecule has 0 bridgehead atoms. The van der Waals surface area contributed by atoms with E-state index in [9.17, 15) is 4.79 Å². The maximum absolute atomic E-state index is 12.7. The Balaban J connectivity index is 1.39. The molecule has 2 N–H and O–H groups in total. The number of carbonyl (C=O) groups is 1. The molecule has 1 fully saturated rings. The predicted molar refractivity (Wildman–Crippen MR) is 107 cm³/mol. The zero-order valence-electron chi connectivity index (χ0n) is 16.5. The van der Waals surface area contributed by atoms with Crippen LogP contribution >= 0.6 is 0 Å². The fraction of sp³-hybridized carbons (Fsp3) is 0.524. The van der Waals surface area contributed by atoms with E-state index in [0.29, 0.717) is 18.7 Å². The number of hydrogen-bond donors (Lipinski definition) is 2. The summed E-state index contributed by atoms with van der Waals surface area (Å²) < 4.78 is 11.3. The molecule has 150 valence electrons. The van der Waals surface area contributed by atoms with Gasteiger partial charge in [0, 0.05) is 37.3 Å². The molecule has 3 heterocycles. The first-order chi connectivity index (χ1) is 13.6. The number of nitrogens with one attached hydrogen (secondary N) is 2. The first-order valence-electron chi connectivity index (χ1n) is 10.0. The standard InChI is InChI=1S/C21H28N4O3/c1-14-13-17-19(15(2)28-14)23-24-20(17)21(26)22-8-7-16-5-3-4-6-18(16)25-9-11-27-12-10-25/h3-6,14-15H,7-13H2,1-2H3,(H,22,26)(H,23,24)/t14-,15+/m1/s1. The van der Waals surface area contributed by atoms with Crippen LogP contribution in [0, 0.1) is 0 Å². The van der Waals surface area contributed by atoms with Crippen LogP contribution in [-0.4, -0.2) is 55.1 Å². The topological polar surface area (TPSA) is 79.5 Å². The smallest absolute Gasteiger partial charge is 0.272 e. The van der Waals surface area contributed by atoms with E-state index in [2.05, 4.69) is 38.6 Å². The minimum absolute atomic E-state index is 0.0619. The lowest BCUT2D eigenvalue weighted by atomic mass is 9.99. The number of amides is 1. The van der Waals surface area contributed by atoms with Gasteiger partial charge < -0.3 is 19.7 Å². The second-order valence-corrected chi connectivity index (χ2v) is 7.49. The molecule has 0 aliphatic carbocycles. The Morgan fingerprint density at radius 2 is 2.07 bits per heavy atom. The molecule has 0 unspecified atom stereocenters. The number of aromatic amines is 1. The highest BCUT2D eigenvalue weighted by Gasteiger charge is 2.29. The maximum atomic E-state index is 12.7. The number of para-hydroxylation sites is 1. The number of H-pyrrole nitrogens is 1. The van der Waals surface area contributed by atoms with Crippen LogP contribution in [-0.2, 0) is 22.3 Å². The van der Waals surface area contributed by atoms with Crippen LogP contribution in [0.2, 0.25) is 0 Å². The van der Waals surface area contributed by atoms with E-state index in [1.807, 2.05) is 19.9 Å². The number of hydrogen-bond acceptors (Lipinski definition) is 5. The average Bonchev–Trinajstić information content (AvgIpc) is 3.13. The van der Waals surface area contributed by atoms with Crippen LogP contribution in [0.5, 0.6) is 0 Å². The van der Waals surface area contributed by atoms with Crippen LogP contribution in [0.4, 0.5) is 5.69 Å². The van der Waals surface area contributed by atoms with Gasteiger partial charge in [0.25, 0.3) is 5.91 Å². The molecule has 1 saturated heterocycles. The number of benzene rings is 1. The number of ether oxygens (including phenoxy) is 2. The van der Waals surface area contributed by atoms with E-state index in [4.69, 9.17) is 9.47 Å². The lowest BCUT2D eigenvalue weighted by Crippen LogP contribution is -2.37. The van der Waals surface area contributed by atoms with Crippen molar-refractivity contribution in [2.75, 3.05) is 37.7 Å². The molecule has 0 spiro atoms. The number of anilines is 1. The highest BCUT2D eigenvalue weighted by Crippen LogP contribution is 2.30. The van der Waals surface area contributed by atoms with E-state index < -0.39 is 0 Å². The molecule has 2 aromatic rings. The molecular weight excluding hydrogens is 356 g/mol. The third kappa shape index (κ3) is 3.91. The van der Waals surface area contributed by atoms with Crippen molar-refractivity contribution in [2.45, 2.75) is 38.9 Å². The van der Waals surface area contributed by atoms with Crippen molar-refractivity contribution in [3.8, 4) is 0 Å². The van der Waals surface area contributed by atoms with Gasteiger partial charge in [-0.3, -0.25) is 9.89 Å². The normalized spacial score (nSPS) is 22.0. The van der Waals surface area contributed by atoms with E-state index >= 15 is 0 Å². The van der Waals surface area contributed by atoms with Crippen molar-refractivity contribution in [2.24, 2.45) is 0 Å². The second-order valence-electron chi connectivity index (χ2n) is 7.49. The minimum Gasteiger partial charge on any atom is -0.378 e. The van der Waals surface area contributed by atoms with Crippen LogP contribution in [0.3, 0.4) is 0 Å². The monoisotopic (exact) mass is 384 g/mol. The molecule has 7 nitrogen and oxygen atoms in total. The fourth-order valence-electron chi connectivity index (χ4n) is 4.09. The summed E-state index contributed by atoms with van der Waals surface area (Å²) in [6, 6.07) is 8.39. The van der Waals surface area contributed by atoms with Gasteiger partial charge in [0.15, 0.2) is 5.69 Å². The molecule has 0 radical (unpaired) electrons. The van der Waals surface area contributed by atoms with Gasteiger partial charge in [0.2, 0.25) is 0 Å². The first-order valence-corrected chi connectivity index (χ1v) is 10.0. The van der Waals surface area contributed by atoms with Crippen molar-refractivity contribution < 1.29 is 14.3 Å². The maximum Gasteiger partial charge on any atom is 0.272 e. The molecular formula is C21H28N4O3. The third-order valence-corrected chi connectivity index (χ3v) is 5.47. The Morgan fingerprint density at radius 3 is 2.89 bits per heavy atom. The van der Waals surface area contributed by atoms with Crippen molar-refractivity contribution in [1.29, 1.82) is 0 Å². The summed E-state index contributed by atoms with van der Waals surface area (Å²) in [5.41, 5.74) is 4.87. The summed E-state index contributed by atoms with van der Waals surface area (Å²) >= 11 is 0. The molecule has 7 heteroatoms. The summed E-state index contributed by atoms with van der Waals surface area (Å²) in [5.74, 6) is -0.123. The van der Waals surface area contributed by atoms with Gasteiger partial charge in [-0.15, -0.1) is 0 Å². The van der Waals surface area contributed by atoms with Gasteiger partial charge in [-0.2, -0.15) is 5.10 Å². The van der Waals surface area contributed by atoms with E-state index in [1.165, 1.54) is 11.3 Å². The van der Waals surface area contributed by atoms with Crippen LogP contribution in [0.1, 0.15) is 47.3 Å². The second kappa shape index (κ2) is 8.32. The predicted octanol–water partition coefficient (Wildman–Crippen LogP) is 2.24. The fourth-order valence-corrected chi connectivity index (χ4v) is 4.09. The number of carbonyl (C=O) groups excluding carboxylic acids is 1. The van der Waals surface area contributed by atoms with Crippen molar-refractivity contribution in [3.63, 3.8) is 0 Å². The Kier molecular flexibility index (Phi) is 5.64. The lowest BCUT2D eigenvalue weighted by molar-refractivity contribution is -0.00697. The van der Waals surface area contributed by atoms with Gasteiger partial charge in [-0.1, -0.05) is 18.2 Å². The van der Waals surface area contributed by atoms with Gasteiger partial charge >= 0.3 is 0 Å². The highest BCUT2D eigenvalue weighted by atomic mass is 16.5.